The van der Waals surface area contributed by atoms with Gasteiger partial charge in [0.05, 0.1) is 26.7 Å². The molecule has 0 bridgehead atoms. The predicted molar refractivity (Wildman–Crippen MR) is 186 cm³/mol. The average molecular weight is 674 g/mol. The minimum atomic E-state index is -0.253. The topological polar surface area (TPSA) is 106 Å². The summed E-state index contributed by atoms with van der Waals surface area (Å²) in [5, 5.41) is 1.27. The highest BCUT2D eigenvalue weighted by Crippen LogP contribution is 2.70. The molecule has 0 radical (unpaired) electrons. The highest BCUT2D eigenvalue weighted by molar-refractivity contribution is 7.17. The first kappa shape index (κ1) is 29.2. The molecule has 7 aliphatic carbocycles. The molecule has 2 unspecified atom stereocenters. The lowest BCUT2D eigenvalue weighted by atomic mass is 9.68. The monoisotopic (exact) mass is 673 g/mol. The molecule has 0 saturated heterocycles. The zero-order valence-electron chi connectivity index (χ0n) is 26.7. The molecule has 48 heavy (non-hydrogen) atoms. The number of benzene rings is 1. The van der Waals surface area contributed by atoms with Crippen molar-refractivity contribution in [1.29, 1.82) is 0 Å². The maximum atomic E-state index is 13.4. The Morgan fingerprint density at radius 1 is 0.667 bits per heavy atom. The van der Waals surface area contributed by atoms with E-state index in [1.165, 1.54) is 33.7 Å². The number of thiazole rings is 2. The van der Waals surface area contributed by atoms with Gasteiger partial charge in [-0.2, -0.15) is 0 Å². The van der Waals surface area contributed by atoms with Crippen LogP contribution in [-0.4, -0.2) is 38.8 Å². The number of hydrogen-bond acceptors (Lipinski definition) is 9. The van der Waals surface area contributed by atoms with Gasteiger partial charge in [0.1, 0.15) is 5.01 Å². The van der Waals surface area contributed by atoms with Crippen LogP contribution in [0.4, 0.5) is 5.13 Å². The van der Waals surface area contributed by atoms with Crippen LogP contribution < -0.4 is 0 Å². The van der Waals surface area contributed by atoms with Crippen LogP contribution in [0, 0.1) is 11.8 Å². The maximum Gasteiger partial charge on any atom is 0.210 e. The Hall–Kier alpha value is -3.69. The molecule has 2 spiro atoms. The van der Waals surface area contributed by atoms with Crippen LogP contribution in [0.25, 0.3) is 17.2 Å². The summed E-state index contributed by atoms with van der Waals surface area (Å²) in [6, 6.07) is 7.06. The van der Waals surface area contributed by atoms with Gasteiger partial charge in [0.2, 0.25) is 5.13 Å². The number of ketones is 4. The Kier molecular flexibility index (Phi) is 6.34. The quantitative estimate of drug-likeness (QED) is 0.200. The number of carbonyl (C=O) groups excluding carboxylic acids is 4. The first-order chi connectivity index (χ1) is 23.4. The molecule has 2 aromatic heterocycles. The van der Waals surface area contributed by atoms with Gasteiger partial charge in [-0.3, -0.25) is 19.2 Å². The van der Waals surface area contributed by atoms with Gasteiger partial charge in [-0.25, -0.2) is 15.0 Å². The fourth-order valence-corrected chi connectivity index (χ4v) is 12.8. The lowest BCUT2D eigenvalue weighted by molar-refractivity contribution is -0.120. The molecular formula is C39H35N3O4S2. The second-order valence-electron chi connectivity index (χ2n) is 14.9. The summed E-state index contributed by atoms with van der Waals surface area (Å²) in [6.45, 7) is 0. The number of hydrogen-bond donors (Lipinski definition) is 0. The molecule has 7 aliphatic rings. The lowest BCUT2D eigenvalue weighted by Crippen LogP contribution is -2.29. The van der Waals surface area contributed by atoms with Crippen LogP contribution in [0.3, 0.4) is 0 Å². The van der Waals surface area contributed by atoms with Crippen LogP contribution >= 0.6 is 22.7 Å². The van der Waals surface area contributed by atoms with Crippen LogP contribution in [-0.2, 0) is 20.4 Å². The summed E-state index contributed by atoms with van der Waals surface area (Å²) < 4.78 is 0. The van der Waals surface area contributed by atoms with Crippen molar-refractivity contribution >= 4 is 73.9 Å². The van der Waals surface area contributed by atoms with E-state index in [0.717, 1.165) is 93.4 Å². The van der Waals surface area contributed by atoms with Gasteiger partial charge in [0, 0.05) is 33.8 Å². The van der Waals surface area contributed by atoms with Crippen LogP contribution in [0.5, 0.6) is 0 Å². The van der Waals surface area contributed by atoms with Gasteiger partial charge in [0.15, 0.2) is 28.8 Å². The largest absolute Gasteiger partial charge is 0.292 e. The third-order valence-electron chi connectivity index (χ3n) is 12.5. The molecule has 10 rings (SSSR count). The van der Waals surface area contributed by atoms with E-state index < -0.39 is 0 Å². The minimum Gasteiger partial charge on any atom is -0.292 e. The van der Waals surface area contributed by atoms with E-state index in [4.69, 9.17) is 15.0 Å². The molecule has 2 heterocycles. The molecule has 0 aliphatic heterocycles. The molecule has 242 valence electrons. The standard InChI is InChI=1S/C39H35N3O4S2/c43-29-20-11-3-4-12-21(20)30(44)24(29)19-25-40-35-33(47-25)26-27(38(35)15-7-1-8-16-38)34-36(39(26)17-9-2-10-18-39)42-37(48-34)41-28-31(45)22-13-5-6-14-23(22)32(28)46/h3-4,11-12,19,22-23H,1-2,5-10,13-18H2. The highest BCUT2D eigenvalue weighted by atomic mass is 32.1. The molecule has 4 fully saturated rings. The van der Waals surface area contributed by atoms with Crippen LogP contribution in [0.1, 0.15) is 137 Å². The number of aromatic nitrogens is 2. The fraction of sp³-hybridized carbons (Fsp3) is 0.462. The van der Waals surface area contributed by atoms with Crippen molar-refractivity contribution in [3.8, 4) is 0 Å². The molecule has 0 N–H and O–H groups in total. The highest BCUT2D eigenvalue weighted by Gasteiger charge is 2.60. The van der Waals surface area contributed by atoms with E-state index in [9.17, 15) is 19.2 Å². The fourth-order valence-electron chi connectivity index (χ4n) is 10.4. The molecule has 3 aromatic rings. The summed E-state index contributed by atoms with van der Waals surface area (Å²) in [5.74, 6) is -0.999. The predicted octanol–water partition coefficient (Wildman–Crippen LogP) is 8.43. The van der Waals surface area contributed by atoms with E-state index in [2.05, 4.69) is 0 Å². The average Bonchev–Trinajstić information content (AvgIpc) is 3.93. The Morgan fingerprint density at radius 3 is 1.75 bits per heavy atom. The Morgan fingerprint density at radius 2 is 1.19 bits per heavy atom. The normalized spacial score (nSPS) is 26.3. The second-order valence-corrected chi connectivity index (χ2v) is 16.9. The number of nitrogens with zero attached hydrogens (tertiary/aromatic N) is 3. The van der Waals surface area contributed by atoms with Gasteiger partial charge in [0.25, 0.3) is 0 Å². The number of rotatable bonds is 2. The zero-order valence-corrected chi connectivity index (χ0v) is 28.4. The van der Waals surface area contributed by atoms with Gasteiger partial charge in [-0.05, 0) is 55.7 Å². The van der Waals surface area contributed by atoms with E-state index in [1.54, 1.807) is 53.0 Å². The number of fused-ring (bicyclic) bond motifs is 10. The third-order valence-corrected chi connectivity index (χ3v) is 14.5. The molecule has 4 saturated carbocycles. The summed E-state index contributed by atoms with van der Waals surface area (Å²) in [4.78, 5) is 71.1. The van der Waals surface area contributed by atoms with Crippen LogP contribution in [0.2, 0.25) is 0 Å². The number of aliphatic imine (C=N–C) groups is 1. The van der Waals surface area contributed by atoms with Crippen molar-refractivity contribution < 1.29 is 19.2 Å². The van der Waals surface area contributed by atoms with E-state index >= 15 is 0 Å². The van der Waals surface area contributed by atoms with Gasteiger partial charge < -0.3 is 0 Å². The first-order valence-corrected chi connectivity index (χ1v) is 19.4. The number of carbonyl (C=O) groups is 4. The molecule has 9 heteroatoms. The molecular weight excluding hydrogens is 639 g/mol. The zero-order chi connectivity index (χ0) is 32.4. The Labute approximate surface area is 286 Å². The maximum absolute atomic E-state index is 13.4. The van der Waals surface area contributed by atoms with E-state index in [-0.39, 0.29) is 57.1 Å². The van der Waals surface area contributed by atoms with Gasteiger partial charge in [-0.1, -0.05) is 87.0 Å². The number of Topliss-reactive ketones (excluding diaryl/α,β-unsaturated/α-hetero) is 4. The van der Waals surface area contributed by atoms with Gasteiger partial charge >= 0.3 is 0 Å². The second kappa shape index (κ2) is 10.4. The summed E-state index contributed by atoms with van der Waals surface area (Å²) in [7, 11) is 0. The Balaban J connectivity index is 1.12. The van der Waals surface area contributed by atoms with Crippen molar-refractivity contribution in [3.63, 3.8) is 0 Å². The lowest BCUT2D eigenvalue weighted by Gasteiger charge is -2.35. The van der Waals surface area contributed by atoms with Crippen molar-refractivity contribution in [3.05, 3.63) is 67.1 Å². The smallest absolute Gasteiger partial charge is 0.210 e. The van der Waals surface area contributed by atoms with Crippen molar-refractivity contribution in [2.24, 2.45) is 16.8 Å². The first-order valence-electron chi connectivity index (χ1n) is 17.8. The molecule has 2 atom stereocenters. The molecule has 7 nitrogen and oxygen atoms in total. The minimum absolute atomic E-state index is 0.0766. The molecule has 1 aromatic carbocycles. The van der Waals surface area contributed by atoms with Crippen molar-refractivity contribution in [2.45, 2.75) is 101 Å². The van der Waals surface area contributed by atoms with E-state index in [0.29, 0.717) is 16.3 Å². The summed E-state index contributed by atoms with van der Waals surface area (Å²) in [5.41, 5.74) is 5.72. The molecule has 0 amide bonds. The van der Waals surface area contributed by atoms with E-state index in [1.807, 2.05) is 0 Å². The van der Waals surface area contributed by atoms with Gasteiger partial charge in [-0.15, -0.1) is 11.3 Å². The summed E-state index contributed by atoms with van der Waals surface area (Å²) >= 11 is 3.20. The number of allylic oxidation sites excluding steroid dienone is 3. The SMILES string of the molecule is O=C1C(=Cc2nc3c(s2)C2=C(c4sc(N=C5C(=O)C6CCCCC6C5=O)nc4C24CCCCC4)C32CCCCC2)C(=O)c2ccccc21. The summed E-state index contributed by atoms with van der Waals surface area (Å²) in [6.07, 6.45) is 16.1. The van der Waals surface area contributed by atoms with Crippen LogP contribution in [0.15, 0.2) is 34.8 Å². The van der Waals surface area contributed by atoms with Crippen molar-refractivity contribution in [1.82, 2.24) is 9.97 Å². The third kappa shape index (κ3) is 3.77. The Bertz CT molecular complexity index is 2040. The van der Waals surface area contributed by atoms with Crippen molar-refractivity contribution in [2.75, 3.05) is 0 Å².